The number of ketones is 1. The molecule has 0 saturated heterocycles. The highest BCUT2D eigenvalue weighted by Crippen LogP contribution is 2.20. The van der Waals surface area contributed by atoms with Gasteiger partial charge in [-0.05, 0) is 51.0 Å². The third-order valence-corrected chi connectivity index (χ3v) is 4.29. The number of carbonyl (C=O) groups excluding carboxylic acids is 2. The van der Waals surface area contributed by atoms with Gasteiger partial charge in [0.15, 0.2) is 5.78 Å². The van der Waals surface area contributed by atoms with Gasteiger partial charge in [0.2, 0.25) is 11.1 Å². The summed E-state index contributed by atoms with van der Waals surface area (Å²) in [7, 11) is 0. The van der Waals surface area contributed by atoms with E-state index in [2.05, 4.69) is 5.10 Å². The number of hydrogen-bond acceptors (Lipinski definition) is 6. The van der Waals surface area contributed by atoms with Gasteiger partial charge in [0, 0.05) is 6.42 Å². The second-order valence-corrected chi connectivity index (χ2v) is 6.48. The molecule has 7 heteroatoms. The summed E-state index contributed by atoms with van der Waals surface area (Å²) in [4.78, 5) is 38.2. The molecule has 1 aromatic carbocycles. The number of hydrogen-bond donors (Lipinski definition) is 0. The van der Waals surface area contributed by atoms with E-state index in [4.69, 9.17) is 9.47 Å². The smallest absolute Gasteiger partial charge is 0.362 e. The fourth-order valence-electron chi connectivity index (χ4n) is 3.07. The van der Waals surface area contributed by atoms with Crippen molar-refractivity contribution in [2.24, 2.45) is 0 Å². The van der Waals surface area contributed by atoms with Crippen molar-refractivity contribution in [3.05, 3.63) is 51.4 Å². The molecule has 0 fully saturated rings. The van der Waals surface area contributed by atoms with Gasteiger partial charge in [-0.15, -0.1) is 0 Å². The average Bonchev–Trinajstić information content (AvgIpc) is 2.70. The van der Waals surface area contributed by atoms with Crippen LogP contribution in [0.15, 0.2) is 29.1 Å². The highest BCUT2D eigenvalue weighted by molar-refractivity contribution is 5.99. The van der Waals surface area contributed by atoms with Crippen molar-refractivity contribution < 1.29 is 19.1 Å². The second-order valence-electron chi connectivity index (χ2n) is 6.48. The maximum absolute atomic E-state index is 13.0. The molecular formula is C22H28N2O5. The van der Waals surface area contributed by atoms with E-state index in [0.717, 1.165) is 0 Å². The first-order valence-corrected chi connectivity index (χ1v) is 10.1. The van der Waals surface area contributed by atoms with Crippen molar-refractivity contribution in [3.63, 3.8) is 0 Å². The van der Waals surface area contributed by atoms with E-state index in [1.54, 1.807) is 31.2 Å². The van der Waals surface area contributed by atoms with Gasteiger partial charge < -0.3 is 9.47 Å². The lowest BCUT2D eigenvalue weighted by molar-refractivity contribution is 0.0515. The first-order valence-electron chi connectivity index (χ1n) is 10.1. The van der Waals surface area contributed by atoms with Crippen LogP contribution < -0.4 is 10.2 Å². The molecular weight excluding hydrogens is 372 g/mol. The summed E-state index contributed by atoms with van der Waals surface area (Å²) in [6, 6.07) is 7.13. The van der Waals surface area contributed by atoms with Crippen LogP contribution in [-0.2, 0) is 11.2 Å². The quantitative estimate of drug-likeness (QED) is 0.446. The van der Waals surface area contributed by atoms with E-state index in [1.165, 1.54) is 4.68 Å². The summed E-state index contributed by atoms with van der Waals surface area (Å²) in [5.41, 5.74) is 0.134. The van der Waals surface area contributed by atoms with E-state index in [9.17, 15) is 14.4 Å². The standard InChI is InChI=1S/C22H28N2O5/c1-5-9-17-19(18(25)10-6-2)21(26)20(22(27)29-8-4)23-24(17)15-11-13-16(14-12-15)28-7-3/h11-14H,5-10H2,1-4H3. The molecule has 156 valence electrons. The van der Waals surface area contributed by atoms with Crippen molar-refractivity contribution >= 4 is 11.8 Å². The Morgan fingerprint density at radius 3 is 2.24 bits per heavy atom. The summed E-state index contributed by atoms with van der Waals surface area (Å²) in [6.07, 6.45) is 2.01. The Morgan fingerprint density at radius 2 is 1.69 bits per heavy atom. The molecule has 29 heavy (non-hydrogen) atoms. The highest BCUT2D eigenvalue weighted by Gasteiger charge is 2.26. The number of esters is 1. The summed E-state index contributed by atoms with van der Waals surface area (Å²) in [5, 5.41) is 4.30. The second kappa shape index (κ2) is 10.5. The molecule has 7 nitrogen and oxygen atoms in total. The van der Waals surface area contributed by atoms with Gasteiger partial charge in [0.1, 0.15) is 5.75 Å². The fraction of sp³-hybridized carbons (Fsp3) is 0.455. The van der Waals surface area contributed by atoms with Gasteiger partial charge in [-0.2, -0.15) is 5.10 Å². The van der Waals surface area contributed by atoms with E-state index in [-0.39, 0.29) is 30.1 Å². The zero-order valence-electron chi connectivity index (χ0n) is 17.5. The molecule has 0 N–H and O–H groups in total. The minimum atomic E-state index is -0.828. The number of ether oxygens (including phenoxy) is 2. The minimum Gasteiger partial charge on any atom is -0.494 e. The molecule has 0 radical (unpaired) electrons. The maximum atomic E-state index is 13.0. The molecule has 0 unspecified atom stereocenters. The Bertz CT molecular complexity index is 916. The minimum absolute atomic E-state index is 0.0284. The summed E-state index contributed by atoms with van der Waals surface area (Å²) < 4.78 is 12.0. The van der Waals surface area contributed by atoms with Crippen molar-refractivity contribution in [1.29, 1.82) is 0 Å². The number of nitrogens with zero attached hydrogens (tertiary/aromatic N) is 2. The number of carbonyl (C=O) groups is 2. The molecule has 0 atom stereocenters. The predicted molar refractivity (Wildman–Crippen MR) is 110 cm³/mol. The average molecular weight is 400 g/mol. The van der Waals surface area contributed by atoms with Gasteiger partial charge >= 0.3 is 5.97 Å². The summed E-state index contributed by atoms with van der Waals surface area (Å²) >= 11 is 0. The zero-order chi connectivity index (χ0) is 21.4. The monoisotopic (exact) mass is 400 g/mol. The Labute approximate surface area is 170 Å². The Kier molecular flexibility index (Phi) is 8.12. The zero-order valence-corrected chi connectivity index (χ0v) is 17.5. The lowest BCUT2D eigenvalue weighted by Gasteiger charge is -2.17. The number of rotatable bonds is 10. The van der Waals surface area contributed by atoms with Gasteiger partial charge in [0.05, 0.1) is 30.2 Å². The molecule has 0 aliphatic rings. The molecule has 2 rings (SSSR count). The largest absolute Gasteiger partial charge is 0.494 e. The molecule has 0 bridgehead atoms. The Hall–Kier alpha value is -2.96. The molecule has 2 aromatic rings. The highest BCUT2D eigenvalue weighted by atomic mass is 16.5. The van der Waals surface area contributed by atoms with Gasteiger partial charge in [-0.3, -0.25) is 9.59 Å². The number of aromatic nitrogens is 2. The lowest BCUT2D eigenvalue weighted by Crippen LogP contribution is -2.31. The maximum Gasteiger partial charge on any atom is 0.362 e. The predicted octanol–water partition coefficient (Wildman–Crippen LogP) is 3.74. The van der Waals surface area contributed by atoms with Crippen LogP contribution in [0, 0.1) is 0 Å². The van der Waals surface area contributed by atoms with Crippen LogP contribution in [0.2, 0.25) is 0 Å². The molecule has 0 spiro atoms. The van der Waals surface area contributed by atoms with E-state index < -0.39 is 11.4 Å². The first kappa shape index (κ1) is 22.3. The van der Waals surface area contributed by atoms with E-state index in [0.29, 0.717) is 43.0 Å². The molecule has 1 aromatic heterocycles. The van der Waals surface area contributed by atoms with Crippen LogP contribution in [0.4, 0.5) is 0 Å². The van der Waals surface area contributed by atoms with Crippen LogP contribution >= 0.6 is 0 Å². The molecule has 1 heterocycles. The topological polar surface area (TPSA) is 87.5 Å². The van der Waals surface area contributed by atoms with E-state index >= 15 is 0 Å². The fourth-order valence-corrected chi connectivity index (χ4v) is 3.07. The SMILES string of the molecule is CCCC(=O)c1c(CCC)n(-c2ccc(OCC)cc2)nc(C(=O)OCC)c1=O. The number of Topliss-reactive ketones (excluding diaryl/α,β-unsaturated/α-hetero) is 1. The van der Waals surface area contributed by atoms with Crippen LogP contribution in [-0.4, -0.2) is 34.7 Å². The molecule has 0 saturated carbocycles. The van der Waals surface area contributed by atoms with Crippen LogP contribution in [0.3, 0.4) is 0 Å². The van der Waals surface area contributed by atoms with Crippen LogP contribution in [0.25, 0.3) is 5.69 Å². The van der Waals surface area contributed by atoms with E-state index in [1.807, 2.05) is 20.8 Å². The van der Waals surface area contributed by atoms with Crippen LogP contribution in [0.5, 0.6) is 5.75 Å². The third-order valence-electron chi connectivity index (χ3n) is 4.29. The molecule has 0 aliphatic carbocycles. The van der Waals surface area contributed by atoms with Crippen molar-refractivity contribution in [2.45, 2.75) is 53.4 Å². The van der Waals surface area contributed by atoms with Gasteiger partial charge in [-0.25, -0.2) is 9.48 Å². The molecule has 0 aliphatic heterocycles. The van der Waals surface area contributed by atoms with Crippen molar-refractivity contribution in [1.82, 2.24) is 9.78 Å². The summed E-state index contributed by atoms with van der Waals surface area (Å²) in [6.45, 7) is 8.03. The third kappa shape index (κ3) is 5.10. The van der Waals surface area contributed by atoms with Crippen molar-refractivity contribution in [2.75, 3.05) is 13.2 Å². The van der Waals surface area contributed by atoms with Crippen LogP contribution in [0.1, 0.15) is 73.5 Å². The summed E-state index contributed by atoms with van der Waals surface area (Å²) in [5.74, 6) is -0.415. The number of benzene rings is 1. The Morgan fingerprint density at radius 1 is 1.00 bits per heavy atom. The van der Waals surface area contributed by atoms with Gasteiger partial charge in [-0.1, -0.05) is 20.3 Å². The van der Waals surface area contributed by atoms with Gasteiger partial charge in [0.25, 0.3) is 0 Å². The molecule has 0 amide bonds. The van der Waals surface area contributed by atoms with Crippen molar-refractivity contribution in [3.8, 4) is 11.4 Å². The Balaban J connectivity index is 2.76. The first-order chi connectivity index (χ1) is 14.0. The lowest BCUT2D eigenvalue weighted by atomic mass is 10.0. The normalized spacial score (nSPS) is 10.6.